The van der Waals surface area contributed by atoms with Gasteiger partial charge in [-0.05, 0) is 19.3 Å². The van der Waals surface area contributed by atoms with Gasteiger partial charge in [0.05, 0.1) is 0 Å². The van der Waals surface area contributed by atoms with Crippen molar-refractivity contribution < 1.29 is 9.59 Å². The van der Waals surface area contributed by atoms with Gasteiger partial charge in [-0.15, -0.1) is 0 Å². The van der Waals surface area contributed by atoms with Crippen molar-refractivity contribution in [1.29, 1.82) is 0 Å². The predicted molar refractivity (Wildman–Crippen MR) is 56.4 cm³/mol. The Kier molecular flexibility index (Phi) is 3.11. The average Bonchev–Trinajstić information content (AvgIpc) is 2.72. The van der Waals surface area contributed by atoms with Crippen molar-refractivity contribution in [2.24, 2.45) is 5.92 Å². The molecule has 0 aromatic heterocycles. The van der Waals surface area contributed by atoms with Gasteiger partial charge in [-0.1, -0.05) is 11.8 Å². The van der Waals surface area contributed by atoms with Gasteiger partial charge in [-0.3, -0.25) is 9.59 Å². The lowest BCUT2D eigenvalue weighted by Gasteiger charge is -2.16. The normalized spacial score (nSPS) is 27.7. The molecule has 1 aliphatic heterocycles. The first-order chi connectivity index (χ1) is 6.77. The lowest BCUT2D eigenvalue weighted by Crippen LogP contribution is -2.26. The van der Waals surface area contributed by atoms with Crippen LogP contribution in [0.25, 0.3) is 0 Å². The van der Waals surface area contributed by atoms with Crippen LogP contribution >= 0.6 is 11.8 Å². The summed E-state index contributed by atoms with van der Waals surface area (Å²) >= 11 is 1.39. The summed E-state index contributed by atoms with van der Waals surface area (Å²) < 4.78 is 0. The van der Waals surface area contributed by atoms with E-state index in [9.17, 15) is 9.59 Å². The number of hydrogen-bond acceptors (Lipinski definition) is 3. The van der Waals surface area contributed by atoms with Crippen LogP contribution < -0.4 is 0 Å². The first-order valence-electron chi connectivity index (χ1n) is 5.22. The fourth-order valence-electron chi connectivity index (χ4n) is 2.13. The first-order valence-corrected chi connectivity index (χ1v) is 6.20. The summed E-state index contributed by atoms with van der Waals surface area (Å²) in [6.07, 6.45) is 3.72. The van der Waals surface area contributed by atoms with Gasteiger partial charge in [-0.25, -0.2) is 0 Å². The molecule has 0 bridgehead atoms. The van der Waals surface area contributed by atoms with Crippen LogP contribution in [0.4, 0.5) is 4.79 Å². The zero-order chi connectivity index (χ0) is 9.97. The Hall–Kier alpha value is -0.510. The monoisotopic (exact) mass is 213 g/mol. The van der Waals surface area contributed by atoms with Gasteiger partial charge in [0.2, 0.25) is 0 Å². The summed E-state index contributed by atoms with van der Waals surface area (Å²) in [5, 5.41) is 0.190. The molecular weight excluding hydrogens is 198 g/mol. The Balaban J connectivity index is 1.76. The van der Waals surface area contributed by atoms with Crippen molar-refractivity contribution in [2.45, 2.75) is 25.7 Å². The predicted octanol–water partition coefficient (Wildman–Crippen LogP) is 1.91. The molecule has 14 heavy (non-hydrogen) atoms. The van der Waals surface area contributed by atoms with Crippen LogP contribution in [0.15, 0.2) is 0 Å². The summed E-state index contributed by atoms with van der Waals surface area (Å²) in [6, 6.07) is 0. The molecule has 0 N–H and O–H groups in total. The van der Waals surface area contributed by atoms with Gasteiger partial charge in [0, 0.05) is 31.2 Å². The van der Waals surface area contributed by atoms with Crippen LogP contribution in [-0.2, 0) is 4.79 Å². The summed E-state index contributed by atoms with van der Waals surface area (Å²) in [6.45, 7) is 1.65. The fourth-order valence-corrected chi connectivity index (χ4v) is 2.99. The number of rotatable bonds is 3. The Morgan fingerprint density at radius 2 is 2.29 bits per heavy atom. The smallest absolute Gasteiger partial charge is 0.281 e. The zero-order valence-electron chi connectivity index (χ0n) is 8.20. The lowest BCUT2D eigenvalue weighted by atomic mass is 10.0. The molecule has 0 radical (unpaired) electrons. The van der Waals surface area contributed by atoms with E-state index in [1.807, 2.05) is 4.90 Å². The van der Waals surface area contributed by atoms with E-state index in [2.05, 4.69) is 0 Å². The molecule has 3 nitrogen and oxygen atoms in total. The highest BCUT2D eigenvalue weighted by molar-refractivity contribution is 8.13. The number of hydrogen-bond donors (Lipinski definition) is 0. The third-order valence-corrected chi connectivity index (χ3v) is 3.92. The van der Waals surface area contributed by atoms with E-state index in [0.29, 0.717) is 5.78 Å². The van der Waals surface area contributed by atoms with Gasteiger partial charge in [-0.2, -0.15) is 0 Å². The van der Waals surface area contributed by atoms with Gasteiger partial charge in [0.25, 0.3) is 5.24 Å². The van der Waals surface area contributed by atoms with Crippen molar-refractivity contribution in [1.82, 2.24) is 4.90 Å². The Morgan fingerprint density at radius 3 is 2.86 bits per heavy atom. The van der Waals surface area contributed by atoms with E-state index < -0.39 is 0 Å². The second kappa shape index (κ2) is 4.34. The summed E-state index contributed by atoms with van der Waals surface area (Å²) in [7, 11) is 0. The molecule has 1 atom stereocenters. The van der Waals surface area contributed by atoms with E-state index in [0.717, 1.165) is 44.5 Å². The van der Waals surface area contributed by atoms with E-state index in [1.165, 1.54) is 11.8 Å². The molecule has 1 amide bonds. The standard InChI is InChI=1S/C10H15NO2S/c12-9-3-1-2-8(9)4-5-11-6-7-14-10(11)13/h8H,1-7H2. The minimum atomic E-state index is 0.190. The maximum absolute atomic E-state index is 11.4. The largest absolute Gasteiger partial charge is 0.333 e. The number of amides is 1. The maximum Gasteiger partial charge on any atom is 0.281 e. The molecule has 0 aromatic rings. The molecule has 2 fully saturated rings. The average molecular weight is 213 g/mol. The number of carbonyl (C=O) groups excluding carboxylic acids is 2. The third kappa shape index (κ3) is 2.11. The highest BCUT2D eigenvalue weighted by Gasteiger charge is 2.27. The second-order valence-electron chi connectivity index (χ2n) is 3.95. The summed E-state index contributed by atoms with van der Waals surface area (Å²) in [5.74, 6) is 1.56. The number of ketones is 1. The molecule has 0 aromatic carbocycles. The van der Waals surface area contributed by atoms with Crippen LogP contribution in [0, 0.1) is 5.92 Å². The van der Waals surface area contributed by atoms with Crippen molar-refractivity contribution in [3.63, 3.8) is 0 Å². The van der Waals surface area contributed by atoms with Gasteiger partial charge >= 0.3 is 0 Å². The van der Waals surface area contributed by atoms with E-state index in [1.54, 1.807) is 0 Å². The number of thioether (sulfide) groups is 1. The van der Waals surface area contributed by atoms with Crippen LogP contribution in [-0.4, -0.2) is 34.8 Å². The SMILES string of the molecule is O=C1CCCC1CCN1CCSC1=O. The molecule has 4 heteroatoms. The van der Waals surface area contributed by atoms with Gasteiger partial charge in [0.1, 0.15) is 5.78 Å². The van der Waals surface area contributed by atoms with Crippen LogP contribution in [0.2, 0.25) is 0 Å². The molecule has 1 aliphatic carbocycles. The van der Waals surface area contributed by atoms with Crippen molar-refractivity contribution in [2.75, 3.05) is 18.8 Å². The highest BCUT2D eigenvalue weighted by atomic mass is 32.2. The topological polar surface area (TPSA) is 37.4 Å². The van der Waals surface area contributed by atoms with E-state index in [4.69, 9.17) is 0 Å². The summed E-state index contributed by atoms with van der Waals surface area (Å²) in [5.41, 5.74) is 0. The van der Waals surface area contributed by atoms with E-state index >= 15 is 0 Å². The lowest BCUT2D eigenvalue weighted by molar-refractivity contribution is -0.120. The minimum absolute atomic E-state index is 0.190. The second-order valence-corrected chi connectivity index (χ2v) is 4.99. The number of nitrogens with zero attached hydrogens (tertiary/aromatic N) is 1. The molecule has 2 rings (SSSR count). The quantitative estimate of drug-likeness (QED) is 0.718. The molecule has 78 valence electrons. The Labute approximate surface area is 88.2 Å². The van der Waals surface area contributed by atoms with Gasteiger partial charge < -0.3 is 4.90 Å². The fraction of sp³-hybridized carbons (Fsp3) is 0.800. The Morgan fingerprint density at radius 1 is 1.43 bits per heavy atom. The van der Waals surface area contributed by atoms with Crippen molar-refractivity contribution in [3.8, 4) is 0 Å². The molecule has 0 spiro atoms. The Bertz CT molecular complexity index is 229. The maximum atomic E-state index is 11.4. The number of Topliss-reactive ketones (excluding diaryl/α,β-unsaturated/α-hetero) is 1. The molecule has 1 saturated heterocycles. The van der Waals surface area contributed by atoms with Crippen LogP contribution in [0.3, 0.4) is 0 Å². The van der Waals surface area contributed by atoms with E-state index in [-0.39, 0.29) is 11.2 Å². The van der Waals surface area contributed by atoms with Crippen molar-refractivity contribution >= 4 is 22.8 Å². The molecule has 1 unspecified atom stereocenters. The zero-order valence-corrected chi connectivity index (χ0v) is 9.02. The molecular formula is C10H15NO2S. The first kappa shape index (κ1) is 10.0. The summed E-state index contributed by atoms with van der Waals surface area (Å²) in [4.78, 5) is 24.5. The third-order valence-electron chi connectivity index (χ3n) is 3.02. The van der Waals surface area contributed by atoms with Crippen LogP contribution in [0.5, 0.6) is 0 Å². The number of carbonyl (C=O) groups is 2. The minimum Gasteiger partial charge on any atom is -0.333 e. The van der Waals surface area contributed by atoms with Gasteiger partial charge in [0.15, 0.2) is 0 Å². The molecule has 1 saturated carbocycles. The van der Waals surface area contributed by atoms with Crippen molar-refractivity contribution in [3.05, 3.63) is 0 Å². The molecule has 2 aliphatic rings. The molecule has 1 heterocycles. The highest BCUT2D eigenvalue weighted by Crippen LogP contribution is 2.26. The van der Waals surface area contributed by atoms with Crippen LogP contribution in [0.1, 0.15) is 25.7 Å².